The highest BCUT2D eigenvalue weighted by atomic mass is 35.5. The first kappa shape index (κ1) is 16.1. The summed E-state index contributed by atoms with van der Waals surface area (Å²) in [4.78, 5) is 12.1. The number of halogens is 1. The Bertz CT molecular complexity index is 827. The van der Waals surface area contributed by atoms with Gasteiger partial charge in [-0.15, -0.1) is 0 Å². The number of anilines is 1. The van der Waals surface area contributed by atoms with Crippen LogP contribution in [0.15, 0.2) is 48.9 Å². The standard InChI is InChI=1S/C16H17ClN6O/c1-22-11-7-12(21-22)6-9-18-16(24)20-14-5-2-4-13(17)15(14)23-10-3-8-19-23/h2-5,7-8,10-11H,6,9H2,1H3,(H2,18,20,24). The van der Waals surface area contributed by atoms with Gasteiger partial charge >= 0.3 is 6.03 Å². The summed E-state index contributed by atoms with van der Waals surface area (Å²) in [5.41, 5.74) is 2.14. The van der Waals surface area contributed by atoms with Crippen LogP contribution in [0, 0.1) is 0 Å². The molecule has 8 heteroatoms. The molecule has 2 amide bonds. The summed E-state index contributed by atoms with van der Waals surface area (Å²) in [5, 5.41) is 14.6. The maximum atomic E-state index is 12.1. The number of para-hydroxylation sites is 1. The van der Waals surface area contributed by atoms with Crippen molar-refractivity contribution in [2.75, 3.05) is 11.9 Å². The first-order valence-electron chi connectivity index (χ1n) is 7.45. The fraction of sp³-hybridized carbons (Fsp3) is 0.188. The summed E-state index contributed by atoms with van der Waals surface area (Å²) >= 11 is 6.25. The maximum absolute atomic E-state index is 12.1. The van der Waals surface area contributed by atoms with Crippen LogP contribution in [0.1, 0.15) is 5.69 Å². The number of nitrogens with zero attached hydrogens (tertiary/aromatic N) is 4. The van der Waals surface area contributed by atoms with E-state index in [2.05, 4.69) is 20.8 Å². The monoisotopic (exact) mass is 344 g/mol. The molecular weight excluding hydrogens is 328 g/mol. The number of rotatable bonds is 5. The fourth-order valence-corrected chi connectivity index (χ4v) is 2.58. The van der Waals surface area contributed by atoms with Gasteiger partial charge in [-0.3, -0.25) is 4.68 Å². The first-order chi connectivity index (χ1) is 11.6. The average molecular weight is 345 g/mol. The number of hydrogen-bond acceptors (Lipinski definition) is 3. The number of amides is 2. The first-order valence-corrected chi connectivity index (χ1v) is 7.83. The van der Waals surface area contributed by atoms with Gasteiger partial charge in [0.05, 0.1) is 16.4 Å². The molecule has 0 saturated heterocycles. The van der Waals surface area contributed by atoms with Gasteiger partial charge in [-0.05, 0) is 24.3 Å². The Morgan fingerprint density at radius 2 is 2.12 bits per heavy atom. The molecule has 0 aliphatic rings. The summed E-state index contributed by atoms with van der Waals surface area (Å²) in [7, 11) is 1.86. The Kier molecular flexibility index (Phi) is 4.81. The summed E-state index contributed by atoms with van der Waals surface area (Å²) in [6.07, 6.45) is 5.96. The molecule has 0 spiro atoms. The van der Waals surface area contributed by atoms with Crippen LogP contribution in [0.3, 0.4) is 0 Å². The predicted molar refractivity (Wildman–Crippen MR) is 92.5 cm³/mol. The molecule has 0 saturated carbocycles. The molecule has 0 bridgehead atoms. The van der Waals surface area contributed by atoms with Crippen LogP contribution in [0.5, 0.6) is 0 Å². The Labute approximate surface area is 144 Å². The van der Waals surface area contributed by atoms with Gasteiger partial charge in [-0.2, -0.15) is 10.2 Å². The average Bonchev–Trinajstić information content (AvgIpc) is 3.19. The molecule has 0 fully saturated rings. The van der Waals surface area contributed by atoms with Crippen molar-refractivity contribution in [3.05, 3.63) is 59.6 Å². The zero-order valence-corrected chi connectivity index (χ0v) is 13.9. The zero-order valence-electron chi connectivity index (χ0n) is 13.1. The van der Waals surface area contributed by atoms with E-state index in [0.717, 1.165) is 5.69 Å². The van der Waals surface area contributed by atoms with Crippen molar-refractivity contribution in [2.45, 2.75) is 6.42 Å². The Hall–Kier alpha value is -2.80. The number of aryl methyl sites for hydroxylation is 1. The number of urea groups is 1. The van der Waals surface area contributed by atoms with Gasteiger partial charge in [0.2, 0.25) is 0 Å². The molecule has 0 atom stereocenters. The summed E-state index contributed by atoms with van der Waals surface area (Å²) in [6, 6.07) is 8.72. The van der Waals surface area contributed by atoms with Crippen molar-refractivity contribution in [1.82, 2.24) is 24.9 Å². The molecule has 24 heavy (non-hydrogen) atoms. The van der Waals surface area contributed by atoms with Crippen molar-refractivity contribution >= 4 is 23.3 Å². The quantitative estimate of drug-likeness (QED) is 0.747. The summed E-state index contributed by atoms with van der Waals surface area (Å²) in [5.74, 6) is 0. The van der Waals surface area contributed by atoms with Crippen molar-refractivity contribution in [3.63, 3.8) is 0 Å². The van der Waals surface area contributed by atoms with E-state index < -0.39 is 0 Å². The van der Waals surface area contributed by atoms with Crippen LogP contribution < -0.4 is 10.6 Å². The molecule has 0 aliphatic heterocycles. The van der Waals surface area contributed by atoms with Gasteiger partial charge in [-0.25, -0.2) is 9.48 Å². The molecular formula is C16H17ClN6O. The SMILES string of the molecule is Cn1ccc(CCNC(=O)Nc2cccc(Cl)c2-n2cccn2)n1. The molecule has 1 aromatic carbocycles. The van der Waals surface area contributed by atoms with Gasteiger partial charge in [0.25, 0.3) is 0 Å². The van der Waals surface area contributed by atoms with Gasteiger partial charge in [0.15, 0.2) is 0 Å². The molecule has 3 rings (SSSR count). The zero-order chi connectivity index (χ0) is 16.9. The van der Waals surface area contributed by atoms with Crippen LogP contribution in [0.2, 0.25) is 5.02 Å². The largest absolute Gasteiger partial charge is 0.337 e. The van der Waals surface area contributed by atoms with Crippen molar-refractivity contribution in [2.24, 2.45) is 7.05 Å². The lowest BCUT2D eigenvalue weighted by Crippen LogP contribution is -2.31. The normalized spacial score (nSPS) is 10.6. The highest BCUT2D eigenvalue weighted by molar-refractivity contribution is 6.33. The summed E-state index contributed by atoms with van der Waals surface area (Å²) < 4.78 is 3.35. The van der Waals surface area contributed by atoms with Crippen molar-refractivity contribution in [3.8, 4) is 5.69 Å². The molecule has 2 heterocycles. The number of carbonyl (C=O) groups excluding carboxylic acids is 1. The van der Waals surface area contributed by atoms with Crippen molar-refractivity contribution in [1.29, 1.82) is 0 Å². The van der Waals surface area contributed by atoms with Crippen LogP contribution in [-0.4, -0.2) is 32.1 Å². The second kappa shape index (κ2) is 7.18. The smallest absolute Gasteiger partial charge is 0.319 e. The Morgan fingerprint density at radius 1 is 1.25 bits per heavy atom. The highest BCUT2D eigenvalue weighted by Gasteiger charge is 2.12. The van der Waals surface area contributed by atoms with E-state index in [9.17, 15) is 4.79 Å². The highest BCUT2D eigenvalue weighted by Crippen LogP contribution is 2.27. The number of hydrogen-bond donors (Lipinski definition) is 2. The second-order valence-electron chi connectivity index (χ2n) is 5.20. The minimum absolute atomic E-state index is 0.304. The lowest BCUT2D eigenvalue weighted by molar-refractivity contribution is 0.252. The van der Waals surface area contributed by atoms with Gasteiger partial charge in [0, 0.05) is 38.6 Å². The van der Waals surface area contributed by atoms with E-state index in [1.54, 1.807) is 46.0 Å². The van der Waals surface area contributed by atoms with E-state index in [-0.39, 0.29) is 6.03 Å². The fourth-order valence-electron chi connectivity index (χ4n) is 2.32. The third kappa shape index (κ3) is 3.75. The van der Waals surface area contributed by atoms with E-state index in [1.165, 1.54) is 0 Å². The van der Waals surface area contributed by atoms with E-state index >= 15 is 0 Å². The number of carbonyl (C=O) groups is 1. The predicted octanol–water partition coefficient (Wildman–Crippen LogP) is 2.62. The minimum Gasteiger partial charge on any atom is -0.337 e. The van der Waals surface area contributed by atoms with Gasteiger partial charge in [-0.1, -0.05) is 17.7 Å². The van der Waals surface area contributed by atoms with Crippen LogP contribution in [0.4, 0.5) is 10.5 Å². The Balaban J connectivity index is 1.63. The molecule has 0 aliphatic carbocycles. The topological polar surface area (TPSA) is 76.8 Å². The third-order valence-corrected chi connectivity index (χ3v) is 3.71. The van der Waals surface area contributed by atoms with E-state index in [1.807, 2.05) is 19.3 Å². The molecule has 7 nitrogen and oxygen atoms in total. The molecule has 0 radical (unpaired) electrons. The van der Waals surface area contributed by atoms with Crippen LogP contribution >= 0.6 is 11.6 Å². The number of nitrogens with one attached hydrogen (secondary N) is 2. The number of benzene rings is 1. The van der Waals surface area contributed by atoms with Crippen LogP contribution in [-0.2, 0) is 13.5 Å². The third-order valence-electron chi connectivity index (χ3n) is 3.40. The second-order valence-corrected chi connectivity index (χ2v) is 5.61. The minimum atomic E-state index is -0.304. The molecule has 2 N–H and O–H groups in total. The van der Waals surface area contributed by atoms with E-state index in [0.29, 0.717) is 29.4 Å². The summed E-state index contributed by atoms with van der Waals surface area (Å²) in [6.45, 7) is 0.487. The Morgan fingerprint density at radius 3 is 2.83 bits per heavy atom. The molecule has 2 aromatic heterocycles. The lowest BCUT2D eigenvalue weighted by atomic mass is 10.2. The van der Waals surface area contributed by atoms with Gasteiger partial charge < -0.3 is 10.6 Å². The van der Waals surface area contributed by atoms with Crippen molar-refractivity contribution < 1.29 is 4.79 Å². The van der Waals surface area contributed by atoms with Gasteiger partial charge in [0.1, 0.15) is 5.69 Å². The molecule has 3 aromatic rings. The molecule has 124 valence electrons. The lowest BCUT2D eigenvalue weighted by Gasteiger charge is -2.13. The maximum Gasteiger partial charge on any atom is 0.319 e. The molecule has 0 unspecified atom stereocenters. The number of aromatic nitrogens is 4. The van der Waals surface area contributed by atoms with E-state index in [4.69, 9.17) is 11.6 Å². The van der Waals surface area contributed by atoms with Crippen LogP contribution in [0.25, 0.3) is 5.69 Å².